The predicted octanol–water partition coefficient (Wildman–Crippen LogP) is 4.59. The number of aromatic nitrogens is 1. The Balaban J connectivity index is 1.50. The van der Waals surface area contributed by atoms with Crippen molar-refractivity contribution in [2.24, 2.45) is 5.41 Å². The molecule has 4 nitrogen and oxygen atoms in total. The summed E-state index contributed by atoms with van der Waals surface area (Å²) in [6.07, 6.45) is 6.33. The number of hydrogen-bond donors (Lipinski definition) is 1. The Labute approximate surface area is 182 Å². The van der Waals surface area contributed by atoms with Gasteiger partial charge in [-0.15, -0.1) is 0 Å². The molecular formula is C26H27FN2O2. The molecule has 5 heteroatoms. The normalized spacial score (nSPS) is 15.4. The van der Waals surface area contributed by atoms with E-state index in [0.29, 0.717) is 45.4 Å². The number of halogens is 1. The SMILES string of the molecule is O=C(NCCc1ccc(F)cc1)C1(Cc2ccccc2-c2cccnc2)CCOCC1. The molecule has 0 bridgehead atoms. The smallest absolute Gasteiger partial charge is 0.226 e. The van der Waals surface area contributed by atoms with Crippen LogP contribution in [-0.2, 0) is 22.4 Å². The largest absolute Gasteiger partial charge is 0.381 e. The Bertz CT molecular complexity index is 999. The van der Waals surface area contributed by atoms with E-state index in [1.54, 1.807) is 18.3 Å². The Kier molecular flexibility index (Phi) is 6.73. The third kappa shape index (κ3) is 5.17. The highest BCUT2D eigenvalue weighted by Crippen LogP contribution is 2.37. The highest BCUT2D eigenvalue weighted by atomic mass is 19.1. The van der Waals surface area contributed by atoms with Gasteiger partial charge in [-0.05, 0) is 60.6 Å². The first-order valence-electron chi connectivity index (χ1n) is 10.8. The lowest BCUT2D eigenvalue weighted by atomic mass is 9.73. The highest BCUT2D eigenvalue weighted by molar-refractivity contribution is 5.83. The van der Waals surface area contributed by atoms with Crippen LogP contribution >= 0.6 is 0 Å². The number of carbonyl (C=O) groups is 1. The van der Waals surface area contributed by atoms with Crippen molar-refractivity contribution >= 4 is 5.91 Å². The van der Waals surface area contributed by atoms with Crippen LogP contribution in [-0.4, -0.2) is 30.6 Å². The van der Waals surface area contributed by atoms with Crippen LogP contribution in [0.4, 0.5) is 4.39 Å². The van der Waals surface area contributed by atoms with Crippen molar-refractivity contribution < 1.29 is 13.9 Å². The van der Waals surface area contributed by atoms with Crippen LogP contribution in [0.5, 0.6) is 0 Å². The second-order valence-corrected chi connectivity index (χ2v) is 8.10. The number of rotatable bonds is 7. The molecule has 160 valence electrons. The summed E-state index contributed by atoms with van der Waals surface area (Å²) >= 11 is 0. The van der Waals surface area contributed by atoms with Gasteiger partial charge < -0.3 is 10.1 Å². The molecule has 0 aliphatic carbocycles. The van der Waals surface area contributed by atoms with Gasteiger partial charge in [0.1, 0.15) is 5.82 Å². The van der Waals surface area contributed by atoms with E-state index in [2.05, 4.69) is 22.4 Å². The molecule has 2 aromatic carbocycles. The van der Waals surface area contributed by atoms with Crippen molar-refractivity contribution in [1.29, 1.82) is 0 Å². The fraction of sp³-hybridized carbons (Fsp3) is 0.308. The third-order valence-electron chi connectivity index (χ3n) is 6.06. The van der Waals surface area contributed by atoms with Gasteiger partial charge in [-0.2, -0.15) is 0 Å². The summed E-state index contributed by atoms with van der Waals surface area (Å²) in [5.41, 5.74) is 3.81. The molecule has 31 heavy (non-hydrogen) atoms. The van der Waals surface area contributed by atoms with E-state index in [1.807, 2.05) is 30.5 Å². The Morgan fingerprint density at radius 2 is 1.81 bits per heavy atom. The van der Waals surface area contributed by atoms with Crippen LogP contribution in [0.3, 0.4) is 0 Å². The lowest BCUT2D eigenvalue weighted by molar-refractivity contribution is -0.136. The van der Waals surface area contributed by atoms with Crippen LogP contribution < -0.4 is 5.32 Å². The molecule has 0 atom stereocenters. The summed E-state index contributed by atoms with van der Waals surface area (Å²) in [4.78, 5) is 17.6. The number of nitrogens with one attached hydrogen (secondary N) is 1. The molecule has 1 N–H and O–H groups in total. The number of amides is 1. The molecule has 1 aliphatic heterocycles. The van der Waals surface area contributed by atoms with Gasteiger partial charge in [0.15, 0.2) is 0 Å². The van der Waals surface area contributed by atoms with Crippen LogP contribution in [0.15, 0.2) is 73.1 Å². The monoisotopic (exact) mass is 418 g/mol. The minimum atomic E-state index is -0.501. The summed E-state index contributed by atoms with van der Waals surface area (Å²) < 4.78 is 18.7. The van der Waals surface area contributed by atoms with Gasteiger partial charge in [0.25, 0.3) is 0 Å². The molecule has 2 heterocycles. The van der Waals surface area contributed by atoms with Crippen LogP contribution in [0.1, 0.15) is 24.0 Å². The second-order valence-electron chi connectivity index (χ2n) is 8.10. The van der Waals surface area contributed by atoms with Gasteiger partial charge in [0.2, 0.25) is 5.91 Å². The standard InChI is InChI=1S/C26H27FN2O2/c27-23-9-7-20(8-10-23)11-15-29-25(30)26(12-16-31-17-13-26)18-21-4-1-2-6-24(21)22-5-3-14-28-19-22/h1-10,14,19H,11-13,15-18H2,(H,29,30). The topological polar surface area (TPSA) is 51.2 Å². The minimum Gasteiger partial charge on any atom is -0.381 e. The van der Waals surface area contributed by atoms with E-state index in [4.69, 9.17) is 4.74 Å². The van der Waals surface area contributed by atoms with Gasteiger partial charge >= 0.3 is 0 Å². The van der Waals surface area contributed by atoms with E-state index in [-0.39, 0.29) is 11.7 Å². The lowest BCUT2D eigenvalue weighted by Gasteiger charge is -2.36. The average Bonchev–Trinajstić information content (AvgIpc) is 2.82. The maximum atomic E-state index is 13.4. The van der Waals surface area contributed by atoms with Gasteiger partial charge in [0.05, 0.1) is 5.41 Å². The maximum Gasteiger partial charge on any atom is 0.226 e. The first-order valence-corrected chi connectivity index (χ1v) is 10.8. The molecule has 1 aliphatic rings. The van der Waals surface area contributed by atoms with Crippen LogP contribution in [0.25, 0.3) is 11.1 Å². The van der Waals surface area contributed by atoms with E-state index < -0.39 is 5.41 Å². The van der Waals surface area contributed by atoms with Gasteiger partial charge in [-0.3, -0.25) is 9.78 Å². The quantitative estimate of drug-likeness (QED) is 0.611. The van der Waals surface area contributed by atoms with E-state index in [9.17, 15) is 9.18 Å². The van der Waals surface area contributed by atoms with Crippen LogP contribution in [0, 0.1) is 11.2 Å². The highest BCUT2D eigenvalue weighted by Gasteiger charge is 2.40. The van der Waals surface area contributed by atoms with Crippen molar-refractivity contribution in [1.82, 2.24) is 10.3 Å². The Hall–Kier alpha value is -3.05. The Morgan fingerprint density at radius 1 is 1.03 bits per heavy atom. The third-order valence-corrected chi connectivity index (χ3v) is 6.06. The summed E-state index contributed by atoms with van der Waals surface area (Å²) in [6.45, 7) is 1.69. The second kappa shape index (κ2) is 9.84. The molecule has 4 rings (SSSR count). The first kappa shape index (κ1) is 21.2. The first-order chi connectivity index (χ1) is 15.2. The van der Waals surface area contributed by atoms with Gasteiger partial charge in [-0.1, -0.05) is 42.5 Å². The number of hydrogen-bond acceptors (Lipinski definition) is 3. The number of pyridine rings is 1. The van der Waals surface area contributed by atoms with Crippen molar-refractivity contribution in [2.45, 2.75) is 25.7 Å². The molecule has 1 fully saturated rings. The zero-order valence-electron chi connectivity index (χ0n) is 17.5. The summed E-state index contributed by atoms with van der Waals surface area (Å²) in [5, 5.41) is 3.14. The van der Waals surface area contributed by atoms with E-state index >= 15 is 0 Å². The van der Waals surface area contributed by atoms with Gasteiger partial charge in [0, 0.05) is 37.7 Å². The zero-order chi connectivity index (χ0) is 21.5. The fourth-order valence-electron chi connectivity index (χ4n) is 4.25. The summed E-state index contributed by atoms with van der Waals surface area (Å²) in [6, 6.07) is 18.6. The van der Waals surface area contributed by atoms with E-state index in [0.717, 1.165) is 22.3 Å². The molecule has 1 amide bonds. The lowest BCUT2D eigenvalue weighted by Crippen LogP contribution is -2.46. The zero-order valence-corrected chi connectivity index (χ0v) is 17.5. The van der Waals surface area contributed by atoms with Crippen molar-refractivity contribution in [3.05, 3.63) is 90.0 Å². The molecule has 0 unspecified atom stereocenters. The van der Waals surface area contributed by atoms with Crippen molar-refractivity contribution in [3.8, 4) is 11.1 Å². The van der Waals surface area contributed by atoms with E-state index in [1.165, 1.54) is 12.1 Å². The van der Waals surface area contributed by atoms with Crippen molar-refractivity contribution in [2.75, 3.05) is 19.8 Å². The molecule has 1 saturated heterocycles. The number of nitrogens with zero attached hydrogens (tertiary/aromatic N) is 1. The molecule has 0 radical (unpaired) electrons. The minimum absolute atomic E-state index is 0.0684. The maximum absolute atomic E-state index is 13.4. The molecule has 3 aromatic rings. The number of carbonyl (C=O) groups excluding carboxylic acids is 1. The number of benzene rings is 2. The summed E-state index contributed by atoms with van der Waals surface area (Å²) in [5.74, 6) is -0.180. The predicted molar refractivity (Wildman–Crippen MR) is 119 cm³/mol. The molecule has 0 saturated carbocycles. The summed E-state index contributed by atoms with van der Waals surface area (Å²) in [7, 11) is 0. The van der Waals surface area contributed by atoms with Crippen LogP contribution in [0.2, 0.25) is 0 Å². The van der Waals surface area contributed by atoms with Crippen molar-refractivity contribution in [3.63, 3.8) is 0 Å². The average molecular weight is 419 g/mol. The van der Waals surface area contributed by atoms with Gasteiger partial charge in [-0.25, -0.2) is 4.39 Å². The molecule has 1 aromatic heterocycles. The molecular weight excluding hydrogens is 391 g/mol. The number of ether oxygens (including phenoxy) is 1. The Morgan fingerprint density at radius 3 is 2.55 bits per heavy atom. The molecule has 0 spiro atoms. The fourth-order valence-corrected chi connectivity index (χ4v) is 4.25.